The monoisotopic (exact) mass is 345 g/mol. The van der Waals surface area contributed by atoms with E-state index in [-0.39, 0.29) is 0 Å². The topological polar surface area (TPSA) is 45.7 Å². The van der Waals surface area contributed by atoms with E-state index in [4.69, 9.17) is 4.74 Å². The van der Waals surface area contributed by atoms with Crippen molar-refractivity contribution in [2.24, 2.45) is 4.99 Å². The van der Waals surface area contributed by atoms with E-state index in [0.29, 0.717) is 19.1 Å². The molecule has 0 aliphatic rings. The molecule has 1 unspecified atom stereocenters. The van der Waals surface area contributed by atoms with Crippen LogP contribution in [0.15, 0.2) is 46.8 Å². The summed E-state index contributed by atoms with van der Waals surface area (Å²) in [7, 11) is 1.71. The molecule has 1 atom stereocenters. The van der Waals surface area contributed by atoms with Crippen LogP contribution in [0.4, 0.5) is 0 Å². The highest BCUT2D eigenvalue weighted by atomic mass is 32.1. The van der Waals surface area contributed by atoms with Crippen LogP contribution in [0, 0.1) is 0 Å². The largest absolute Gasteiger partial charge is 0.380 e. The lowest BCUT2D eigenvalue weighted by Gasteiger charge is -2.15. The fraction of sp³-hybridized carbons (Fsp3) is 0.421. The van der Waals surface area contributed by atoms with Crippen LogP contribution in [0.1, 0.15) is 35.8 Å². The van der Waals surface area contributed by atoms with Gasteiger partial charge in [-0.05, 0) is 29.5 Å². The Bertz CT molecular complexity index is 608. The summed E-state index contributed by atoms with van der Waals surface area (Å²) < 4.78 is 5.14. The number of methoxy groups -OCH3 is 1. The van der Waals surface area contributed by atoms with Crippen LogP contribution in [-0.4, -0.2) is 26.2 Å². The molecule has 4 nitrogen and oxygen atoms in total. The molecule has 2 aromatic rings. The summed E-state index contributed by atoms with van der Waals surface area (Å²) in [5.41, 5.74) is 2.37. The number of nitrogens with zero attached hydrogens (tertiary/aromatic N) is 1. The molecule has 5 heteroatoms. The van der Waals surface area contributed by atoms with Gasteiger partial charge in [0.05, 0.1) is 13.2 Å². The third-order valence-electron chi connectivity index (χ3n) is 3.70. The lowest BCUT2D eigenvalue weighted by Crippen LogP contribution is -2.39. The van der Waals surface area contributed by atoms with Gasteiger partial charge in [0.1, 0.15) is 0 Å². The van der Waals surface area contributed by atoms with Gasteiger partial charge in [-0.25, -0.2) is 4.99 Å². The van der Waals surface area contributed by atoms with Gasteiger partial charge in [0.2, 0.25) is 0 Å². The zero-order valence-electron chi connectivity index (χ0n) is 14.7. The van der Waals surface area contributed by atoms with Crippen LogP contribution in [-0.2, 0) is 17.9 Å². The number of rotatable bonds is 8. The van der Waals surface area contributed by atoms with Gasteiger partial charge in [0.15, 0.2) is 5.96 Å². The zero-order chi connectivity index (χ0) is 17.2. The predicted octanol–water partition coefficient (Wildman–Crippen LogP) is 3.75. The number of aliphatic imine (C=N–C) groups is 1. The summed E-state index contributed by atoms with van der Waals surface area (Å²) >= 11 is 1.80. The molecule has 24 heavy (non-hydrogen) atoms. The maximum atomic E-state index is 5.14. The number of ether oxygens (including phenoxy) is 1. The van der Waals surface area contributed by atoms with Gasteiger partial charge in [-0.1, -0.05) is 37.3 Å². The molecule has 0 saturated heterocycles. The van der Waals surface area contributed by atoms with Crippen molar-refractivity contribution >= 4 is 17.3 Å². The summed E-state index contributed by atoms with van der Waals surface area (Å²) in [6.45, 7) is 7.35. The molecule has 130 valence electrons. The lowest BCUT2D eigenvalue weighted by molar-refractivity contribution is 0.185. The molecule has 1 heterocycles. The van der Waals surface area contributed by atoms with E-state index in [1.54, 1.807) is 18.4 Å². The number of hydrogen-bond donors (Lipinski definition) is 2. The van der Waals surface area contributed by atoms with Crippen molar-refractivity contribution < 1.29 is 4.74 Å². The minimum Gasteiger partial charge on any atom is -0.380 e. The summed E-state index contributed by atoms with van der Waals surface area (Å²) in [4.78, 5) is 6.07. The van der Waals surface area contributed by atoms with Crippen LogP contribution in [0.3, 0.4) is 0 Å². The van der Waals surface area contributed by atoms with E-state index in [0.717, 1.165) is 19.0 Å². The molecule has 1 aromatic carbocycles. The average Bonchev–Trinajstić information content (AvgIpc) is 3.13. The minimum absolute atomic E-state index is 0.474. The number of benzene rings is 1. The van der Waals surface area contributed by atoms with E-state index in [1.165, 1.54) is 16.0 Å². The number of hydrogen-bond acceptors (Lipinski definition) is 3. The molecule has 2 N–H and O–H groups in total. The Morgan fingerprint density at radius 2 is 1.92 bits per heavy atom. The van der Waals surface area contributed by atoms with Crippen LogP contribution in [0.2, 0.25) is 0 Å². The molecular formula is C19H27N3OS. The molecule has 0 bridgehead atoms. The predicted molar refractivity (Wildman–Crippen MR) is 103 cm³/mol. The Morgan fingerprint density at radius 3 is 2.54 bits per heavy atom. The minimum atomic E-state index is 0.474. The molecule has 0 aliphatic heterocycles. The van der Waals surface area contributed by atoms with E-state index in [1.807, 2.05) is 0 Å². The molecular weight excluding hydrogens is 318 g/mol. The molecule has 0 spiro atoms. The Balaban J connectivity index is 1.89. The Hall–Kier alpha value is -1.85. The van der Waals surface area contributed by atoms with Gasteiger partial charge >= 0.3 is 0 Å². The summed E-state index contributed by atoms with van der Waals surface area (Å²) in [6.07, 6.45) is 0. The van der Waals surface area contributed by atoms with E-state index in [2.05, 4.69) is 71.3 Å². The molecule has 0 aliphatic carbocycles. The lowest BCUT2D eigenvalue weighted by atomic mass is 10.1. The summed E-state index contributed by atoms with van der Waals surface area (Å²) in [5.74, 6) is 1.34. The first-order valence-corrected chi connectivity index (χ1v) is 9.23. The second kappa shape index (κ2) is 10.1. The van der Waals surface area contributed by atoms with Gasteiger partial charge < -0.3 is 15.4 Å². The first-order valence-electron chi connectivity index (χ1n) is 8.35. The van der Waals surface area contributed by atoms with E-state index >= 15 is 0 Å². The van der Waals surface area contributed by atoms with Crippen molar-refractivity contribution in [1.29, 1.82) is 0 Å². The molecule has 0 radical (unpaired) electrons. The van der Waals surface area contributed by atoms with Crippen molar-refractivity contribution in [1.82, 2.24) is 10.6 Å². The number of thiophene rings is 1. The second-order valence-electron chi connectivity index (χ2n) is 5.74. The van der Waals surface area contributed by atoms with Gasteiger partial charge in [0.25, 0.3) is 0 Å². The highest BCUT2D eigenvalue weighted by Gasteiger charge is 2.07. The van der Waals surface area contributed by atoms with Crippen molar-refractivity contribution in [3.8, 4) is 0 Å². The number of nitrogens with one attached hydrogen (secondary N) is 2. The molecule has 1 aromatic heterocycles. The third kappa shape index (κ3) is 5.98. The van der Waals surface area contributed by atoms with Gasteiger partial charge in [-0.3, -0.25) is 0 Å². The van der Waals surface area contributed by atoms with E-state index < -0.39 is 0 Å². The van der Waals surface area contributed by atoms with Gasteiger partial charge in [0, 0.05) is 31.0 Å². The normalized spacial score (nSPS) is 12.9. The van der Waals surface area contributed by atoms with Crippen molar-refractivity contribution in [3.63, 3.8) is 0 Å². The first kappa shape index (κ1) is 18.5. The third-order valence-corrected chi connectivity index (χ3v) is 4.81. The Kier molecular flexibility index (Phi) is 7.79. The molecule has 0 saturated carbocycles. The molecule has 0 amide bonds. The van der Waals surface area contributed by atoms with Crippen molar-refractivity contribution in [2.45, 2.75) is 32.9 Å². The second-order valence-corrected chi connectivity index (χ2v) is 6.72. The van der Waals surface area contributed by atoms with Gasteiger partial charge in [-0.2, -0.15) is 0 Å². The fourth-order valence-corrected chi connectivity index (χ4v) is 3.13. The van der Waals surface area contributed by atoms with Crippen molar-refractivity contribution in [2.75, 3.05) is 20.2 Å². The SMILES string of the molecule is CCNC(=NCc1ccc(COC)cc1)NCC(C)c1cccs1. The fourth-order valence-electron chi connectivity index (χ4n) is 2.34. The summed E-state index contributed by atoms with van der Waals surface area (Å²) in [5, 5.41) is 8.87. The van der Waals surface area contributed by atoms with E-state index in [9.17, 15) is 0 Å². The number of guanidine groups is 1. The van der Waals surface area contributed by atoms with Crippen LogP contribution in [0.5, 0.6) is 0 Å². The molecule has 2 rings (SSSR count). The van der Waals surface area contributed by atoms with Crippen LogP contribution >= 0.6 is 11.3 Å². The summed E-state index contributed by atoms with van der Waals surface area (Å²) in [6, 6.07) is 12.7. The van der Waals surface area contributed by atoms with Crippen LogP contribution in [0.25, 0.3) is 0 Å². The standard InChI is InChI=1S/C19H27N3OS/c1-4-20-19(21-12-15(2)18-6-5-11-24-18)22-13-16-7-9-17(10-8-16)14-23-3/h5-11,15H,4,12-14H2,1-3H3,(H2,20,21,22). The maximum Gasteiger partial charge on any atom is 0.191 e. The Morgan fingerprint density at radius 1 is 1.17 bits per heavy atom. The molecule has 0 fully saturated rings. The smallest absolute Gasteiger partial charge is 0.191 e. The maximum absolute atomic E-state index is 5.14. The highest BCUT2D eigenvalue weighted by Crippen LogP contribution is 2.19. The Labute approximate surface area is 149 Å². The average molecular weight is 346 g/mol. The quantitative estimate of drug-likeness (QED) is 0.566. The highest BCUT2D eigenvalue weighted by molar-refractivity contribution is 7.10. The van der Waals surface area contributed by atoms with Crippen LogP contribution < -0.4 is 10.6 Å². The van der Waals surface area contributed by atoms with Gasteiger partial charge in [-0.15, -0.1) is 11.3 Å². The zero-order valence-corrected chi connectivity index (χ0v) is 15.5. The van der Waals surface area contributed by atoms with Crippen molar-refractivity contribution in [3.05, 3.63) is 57.8 Å². The first-order chi connectivity index (χ1) is 11.7.